The molecule has 1 saturated heterocycles. The predicted molar refractivity (Wildman–Crippen MR) is 101 cm³/mol. The molecule has 1 aromatic heterocycles. The molecule has 2 aromatic rings. The maximum Gasteiger partial charge on any atom is 0.224 e. The molecule has 0 radical (unpaired) electrons. The van der Waals surface area contributed by atoms with Crippen molar-refractivity contribution >= 4 is 11.7 Å². The molecule has 0 bridgehead atoms. The highest BCUT2D eigenvalue weighted by Crippen LogP contribution is 2.27. The Hall–Kier alpha value is -2.76. The maximum atomic E-state index is 12.3. The number of amides is 1. The van der Waals surface area contributed by atoms with Gasteiger partial charge in [0.25, 0.3) is 0 Å². The first-order valence-electron chi connectivity index (χ1n) is 8.87. The maximum absolute atomic E-state index is 12.3. The second-order valence-corrected chi connectivity index (χ2v) is 6.36. The number of hydrogen-bond donors (Lipinski definition) is 1. The average molecular weight is 355 g/mol. The van der Waals surface area contributed by atoms with Crippen LogP contribution in [0.25, 0.3) is 0 Å². The third-order valence-corrected chi connectivity index (χ3v) is 4.54. The lowest BCUT2D eigenvalue weighted by Crippen LogP contribution is -2.25. The Kier molecular flexibility index (Phi) is 5.94. The average Bonchev–Trinajstić information content (AvgIpc) is 3.21. The number of hydrogen-bond acceptors (Lipinski definition) is 5. The van der Waals surface area contributed by atoms with Gasteiger partial charge in [0.15, 0.2) is 11.5 Å². The van der Waals surface area contributed by atoms with Gasteiger partial charge in [-0.15, -0.1) is 0 Å². The van der Waals surface area contributed by atoms with Crippen LogP contribution in [0, 0.1) is 0 Å². The minimum atomic E-state index is -0.0308. The molecule has 0 spiro atoms. The Bertz CT molecular complexity index is 758. The highest BCUT2D eigenvalue weighted by atomic mass is 16.5. The molecule has 1 aliphatic heterocycles. The highest BCUT2D eigenvalue weighted by Gasteiger charge is 2.14. The fourth-order valence-electron chi connectivity index (χ4n) is 3.13. The van der Waals surface area contributed by atoms with E-state index >= 15 is 0 Å². The van der Waals surface area contributed by atoms with Crippen LogP contribution in [0.15, 0.2) is 36.5 Å². The Labute approximate surface area is 154 Å². The van der Waals surface area contributed by atoms with Crippen LogP contribution in [0.5, 0.6) is 11.5 Å². The molecule has 0 unspecified atom stereocenters. The van der Waals surface area contributed by atoms with E-state index in [9.17, 15) is 4.79 Å². The van der Waals surface area contributed by atoms with E-state index in [4.69, 9.17) is 9.47 Å². The summed E-state index contributed by atoms with van der Waals surface area (Å²) in [6.07, 6.45) is 4.54. The molecule has 1 aliphatic rings. The fourth-order valence-corrected chi connectivity index (χ4v) is 3.13. The third-order valence-electron chi connectivity index (χ3n) is 4.54. The van der Waals surface area contributed by atoms with Gasteiger partial charge in [-0.1, -0.05) is 6.07 Å². The summed E-state index contributed by atoms with van der Waals surface area (Å²) in [5, 5.41) is 2.97. The Morgan fingerprint density at radius 1 is 1.08 bits per heavy atom. The van der Waals surface area contributed by atoms with Gasteiger partial charge in [0.1, 0.15) is 5.82 Å². The van der Waals surface area contributed by atoms with E-state index in [1.807, 2.05) is 30.5 Å². The molecule has 6 heteroatoms. The number of benzene rings is 1. The second kappa shape index (κ2) is 8.56. The summed E-state index contributed by atoms with van der Waals surface area (Å²) in [4.78, 5) is 19.0. The summed E-state index contributed by atoms with van der Waals surface area (Å²) in [5.74, 6) is 2.25. The van der Waals surface area contributed by atoms with Crippen molar-refractivity contribution in [3.63, 3.8) is 0 Å². The van der Waals surface area contributed by atoms with Crippen molar-refractivity contribution in [3.05, 3.63) is 47.7 Å². The van der Waals surface area contributed by atoms with Crippen molar-refractivity contribution in [2.75, 3.05) is 32.2 Å². The Morgan fingerprint density at radius 3 is 2.58 bits per heavy atom. The molecule has 26 heavy (non-hydrogen) atoms. The lowest BCUT2D eigenvalue weighted by Gasteiger charge is -2.17. The number of nitrogens with zero attached hydrogens (tertiary/aromatic N) is 2. The summed E-state index contributed by atoms with van der Waals surface area (Å²) in [7, 11) is 3.18. The van der Waals surface area contributed by atoms with Crippen LogP contribution in [0.2, 0.25) is 0 Å². The molecule has 1 N–H and O–H groups in total. The van der Waals surface area contributed by atoms with Gasteiger partial charge in [0, 0.05) is 25.8 Å². The van der Waals surface area contributed by atoms with Gasteiger partial charge < -0.3 is 19.7 Å². The number of ether oxygens (including phenoxy) is 2. The van der Waals surface area contributed by atoms with Gasteiger partial charge in [-0.05, 0) is 48.2 Å². The number of anilines is 1. The SMILES string of the molecule is COc1ccc(CC(=O)NCc2ccnc(N3CCCC3)c2)cc1OC. The summed E-state index contributed by atoms with van der Waals surface area (Å²) in [6.45, 7) is 2.61. The zero-order valence-corrected chi connectivity index (χ0v) is 15.3. The van der Waals surface area contributed by atoms with Gasteiger partial charge in [-0.3, -0.25) is 4.79 Å². The smallest absolute Gasteiger partial charge is 0.224 e. The van der Waals surface area contributed by atoms with Crippen molar-refractivity contribution in [1.29, 1.82) is 0 Å². The van der Waals surface area contributed by atoms with Gasteiger partial charge >= 0.3 is 0 Å². The monoisotopic (exact) mass is 355 g/mol. The number of nitrogens with one attached hydrogen (secondary N) is 1. The second-order valence-electron chi connectivity index (χ2n) is 6.36. The fraction of sp³-hybridized carbons (Fsp3) is 0.400. The van der Waals surface area contributed by atoms with Crippen LogP contribution in [0.4, 0.5) is 5.82 Å². The van der Waals surface area contributed by atoms with Gasteiger partial charge in [0.2, 0.25) is 5.91 Å². The quantitative estimate of drug-likeness (QED) is 0.827. The van der Waals surface area contributed by atoms with Gasteiger partial charge in [0.05, 0.1) is 20.6 Å². The molecule has 1 amide bonds. The number of carbonyl (C=O) groups excluding carboxylic acids is 1. The van der Waals surface area contributed by atoms with Crippen LogP contribution >= 0.6 is 0 Å². The van der Waals surface area contributed by atoms with Crippen LogP contribution in [0.1, 0.15) is 24.0 Å². The topological polar surface area (TPSA) is 63.7 Å². The normalized spacial score (nSPS) is 13.5. The standard InChI is InChI=1S/C20H25N3O3/c1-25-17-6-5-15(11-18(17)26-2)13-20(24)22-14-16-7-8-21-19(12-16)23-9-3-4-10-23/h5-8,11-12H,3-4,9-10,13-14H2,1-2H3,(H,22,24). The molecule has 0 atom stereocenters. The van der Waals surface area contributed by atoms with Gasteiger partial charge in [-0.25, -0.2) is 4.98 Å². The van der Waals surface area contributed by atoms with Crippen molar-refractivity contribution < 1.29 is 14.3 Å². The highest BCUT2D eigenvalue weighted by molar-refractivity contribution is 5.78. The first kappa shape index (κ1) is 18.0. The van der Waals surface area contributed by atoms with Crippen molar-refractivity contribution in [3.8, 4) is 11.5 Å². The third kappa shape index (κ3) is 4.45. The first-order chi connectivity index (χ1) is 12.7. The molecule has 0 aliphatic carbocycles. The molecule has 2 heterocycles. The molecular weight excluding hydrogens is 330 g/mol. The van der Waals surface area contributed by atoms with Crippen LogP contribution in [0.3, 0.4) is 0 Å². The molecule has 1 aromatic carbocycles. The summed E-state index contributed by atoms with van der Waals surface area (Å²) in [6, 6.07) is 9.51. The molecule has 138 valence electrons. The summed E-state index contributed by atoms with van der Waals surface area (Å²) in [5.41, 5.74) is 1.94. The predicted octanol–water partition coefficient (Wildman–Crippen LogP) is 2.56. The first-order valence-corrected chi connectivity index (χ1v) is 8.87. The zero-order valence-electron chi connectivity index (χ0n) is 15.3. The molecule has 0 saturated carbocycles. The van der Waals surface area contributed by atoms with Crippen LogP contribution < -0.4 is 19.7 Å². The largest absolute Gasteiger partial charge is 0.493 e. The van der Waals surface area contributed by atoms with E-state index in [0.29, 0.717) is 24.5 Å². The van der Waals surface area contributed by atoms with Crippen LogP contribution in [-0.4, -0.2) is 38.2 Å². The minimum absolute atomic E-state index is 0.0308. The van der Waals surface area contributed by atoms with E-state index in [2.05, 4.69) is 21.3 Å². The molecule has 3 rings (SSSR count). The van der Waals surface area contributed by atoms with Crippen LogP contribution in [-0.2, 0) is 17.8 Å². The van der Waals surface area contributed by atoms with E-state index in [-0.39, 0.29) is 5.91 Å². The van der Waals surface area contributed by atoms with E-state index in [1.54, 1.807) is 14.2 Å². The zero-order chi connectivity index (χ0) is 18.4. The molecular formula is C20H25N3O3. The van der Waals surface area contributed by atoms with E-state index in [0.717, 1.165) is 30.0 Å². The number of rotatable bonds is 7. The van der Waals surface area contributed by atoms with Gasteiger partial charge in [-0.2, -0.15) is 0 Å². The lowest BCUT2D eigenvalue weighted by molar-refractivity contribution is -0.120. The molecule has 6 nitrogen and oxygen atoms in total. The number of carbonyl (C=O) groups is 1. The summed E-state index contributed by atoms with van der Waals surface area (Å²) >= 11 is 0. The van der Waals surface area contributed by atoms with E-state index < -0.39 is 0 Å². The minimum Gasteiger partial charge on any atom is -0.493 e. The number of pyridine rings is 1. The van der Waals surface area contributed by atoms with E-state index in [1.165, 1.54) is 12.8 Å². The van der Waals surface area contributed by atoms with Crippen molar-refractivity contribution in [2.24, 2.45) is 0 Å². The lowest BCUT2D eigenvalue weighted by atomic mass is 10.1. The number of aromatic nitrogens is 1. The van der Waals surface area contributed by atoms with Crippen molar-refractivity contribution in [1.82, 2.24) is 10.3 Å². The molecule has 1 fully saturated rings. The van der Waals surface area contributed by atoms with Crippen molar-refractivity contribution in [2.45, 2.75) is 25.8 Å². The Morgan fingerprint density at radius 2 is 1.85 bits per heavy atom. The number of methoxy groups -OCH3 is 2. The summed E-state index contributed by atoms with van der Waals surface area (Å²) < 4.78 is 10.5. The Balaban J connectivity index is 1.56.